The van der Waals surface area contributed by atoms with Crippen LogP contribution in [-0.4, -0.2) is 17.0 Å². The Bertz CT molecular complexity index is 602. The van der Waals surface area contributed by atoms with Gasteiger partial charge in [-0.2, -0.15) is 0 Å². The Labute approximate surface area is 134 Å². The molecule has 0 amide bonds. The summed E-state index contributed by atoms with van der Waals surface area (Å²) in [6, 6.07) is 2.02. The van der Waals surface area contributed by atoms with E-state index in [9.17, 15) is 0 Å². The van der Waals surface area contributed by atoms with Gasteiger partial charge in [0.2, 0.25) is 0 Å². The van der Waals surface area contributed by atoms with Crippen LogP contribution in [0.15, 0.2) is 20.4 Å². The molecule has 0 aliphatic heterocycles. The Morgan fingerprint density at radius 1 is 1.21 bits per heavy atom. The Morgan fingerprint density at radius 3 is 2.37 bits per heavy atom. The molecular weight excluding hydrogens is 390 g/mol. The molecule has 0 atom stereocenters. The molecule has 0 radical (unpaired) electrons. The van der Waals surface area contributed by atoms with Crippen molar-refractivity contribution in [2.45, 2.75) is 26.2 Å². The van der Waals surface area contributed by atoms with Crippen LogP contribution in [0.1, 0.15) is 26.5 Å². The molecule has 1 N–H and O–H groups in total. The summed E-state index contributed by atoms with van der Waals surface area (Å²) < 4.78 is 1.96. The molecule has 2 rings (SSSR count). The molecule has 2 aromatic rings. The molecule has 0 aliphatic carbocycles. The van der Waals surface area contributed by atoms with Gasteiger partial charge in [-0.3, -0.25) is 0 Å². The monoisotopic (exact) mass is 403 g/mol. The highest BCUT2D eigenvalue weighted by Crippen LogP contribution is 2.37. The van der Waals surface area contributed by atoms with Crippen molar-refractivity contribution < 1.29 is 0 Å². The second-order valence-corrected chi connectivity index (χ2v) is 7.72. The molecule has 0 saturated heterocycles. The third kappa shape index (κ3) is 3.01. The van der Waals surface area contributed by atoms with Gasteiger partial charge in [-0.05, 0) is 43.3 Å². The van der Waals surface area contributed by atoms with Crippen molar-refractivity contribution in [1.29, 1.82) is 0 Å². The lowest BCUT2D eigenvalue weighted by atomic mass is 9.92. The molecule has 0 unspecified atom stereocenters. The molecule has 6 heteroatoms. The van der Waals surface area contributed by atoms with Crippen molar-refractivity contribution >= 4 is 49.0 Å². The zero-order valence-electron chi connectivity index (χ0n) is 11.2. The molecule has 0 fully saturated rings. The van der Waals surface area contributed by atoms with Gasteiger partial charge in [0.25, 0.3) is 0 Å². The van der Waals surface area contributed by atoms with Crippen LogP contribution in [-0.2, 0) is 5.41 Å². The Kier molecular flexibility index (Phi) is 4.32. The van der Waals surface area contributed by atoms with Crippen LogP contribution >= 0.6 is 43.2 Å². The SMILES string of the molecule is CNc1nc(-c2sccc2Br)nc(C(C)(C)C)c1Br. The van der Waals surface area contributed by atoms with Crippen LogP contribution < -0.4 is 5.32 Å². The summed E-state index contributed by atoms with van der Waals surface area (Å²) in [5.41, 5.74) is 0.952. The summed E-state index contributed by atoms with van der Waals surface area (Å²) in [6.45, 7) is 6.44. The molecule has 19 heavy (non-hydrogen) atoms. The first kappa shape index (κ1) is 14.9. The zero-order valence-corrected chi connectivity index (χ0v) is 15.2. The highest BCUT2D eigenvalue weighted by atomic mass is 79.9. The second-order valence-electron chi connectivity index (χ2n) is 5.16. The highest BCUT2D eigenvalue weighted by Gasteiger charge is 2.24. The molecule has 0 aliphatic rings. The largest absolute Gasteiger partial charge is 0.372 e. The Morgan fingerprint density at radius 2 is 1.89 bits per heavy atom. The van der Waals surface area contributed by atoms with E-state index in [0.29, 0.717) is 0 Å². The summed E-state index contributed by atoms with van der Waals surface area (Å²) >= 11 is 8.77. The number of anilines is 1. The zero-order chi connectivity index (χ0) is 14.2. The van der Waals surface area contributed by atoms with Gasteiger partial charge >= 0.3 is 0 Å². The number of nitrogens with zero attached hydrogens (tertiary/aromatic N) is 2. The first-order valence-electron chi connectivity index (χ1n) is 5.83. The van der Waals surface area contributed by atoms with E-state index in [0.717, 1.165) is 31.2 Å². The van der Waals surface area contributed by atoms with Gasteiger partial charge in [0.15, 0.2) is 5.82 Å². The minimum absolute atomic E-state index is 0.0497. The van der Waals surface area contributed by atoms with Crippen LogP contribution in [0.5, 0.6) is 0 Å². The van der Waals surface area contributed by atoms with Crippen LogP contribution in [0, 0.1) is 0 Å². The van der Waals surface area contributed by atoms with Crippen LogP contribution in [0.3, 0.4) is 0 Å². The van der Waals surface area contributed by atoms with Crippen molar-refractivity contribution in [3.05, 3.63) is 26.1 Å². The summed E-state index contributed by atoms with van der Waals surface area (Å²) in [5, 5.41) is 5.15. The number of aromatic nitrogens is 2. The fraction of sp³-hybridized carbons (Fsp3) is 0.385. The van der Waals surface area contributed by atoms with E-state index in [1.165, 1.54) is 0 Å². The van der Waals surface area contributed by atoms with Crippen molar-refractivity contribution in [2.75, 3.05) is 12.4 Å². The Hall–Kier alpha value is -0.460. The van der Waals surface area contributed by atoms with Gasteiger partial charge in [0.05, 0.1) is 15.0 Å². The first-order chi connectivity index (χ1) is 8.84. The van der Waals surface area contributed by atoms with Gasteiger partial charge in [0, 0.05) is 16.9 Å². The molecule has 0 bridgehead atoms. The molecule has 0 aromatic carbocycles. The van der Waals surface area contributed by atoms with Crippen molar-refractivity contribution in [3.63, 3.8) is 0 Å². The molecule has 3 nitrogen and oxygen atoms in total. The van der Waals surface area contributed by atoms with E-state index in [-0.39, 0.29) is 5.41 Å². The maximum absolute atomic E-state index is 4.74. The second kappa shape index (κ2) is 5.50. The third-order valence-corrected chi connectivity index (χ3v) is 5.20. The fourth-order valence-electron chi connectivity index (χ4n) is 1.66. The summed E-state index contributed by atoms with van der Waals surface area (Å²) in [4.78, 5) is 10.4. The van der Waals surface area contributed by atoms with Crippen LogP contribution in [0.4, 0.5) is 5.82 Å². The molecule has 2 heterocycles. The van der Waals surface area contributed by atoms with E-state index in [4.69, 9.17) is 4.98 Å². The summed E-state index contributed by atoms with van der Waals surface area (Å²) in [7, 11) is 1.87. The van der Waals surface area contributed by atoms with Gasteiger partial charge in [0.1, 0.15) is 5.82 Å². The standard InChI is InChI=1S/C13H15Br2N3S/c1-13(2,3)10-8(15)11(16-4)18-12(17-10)9-7(14)5-6-19-9/h5-6H,1-4H3,(H,16,17,18). The van der Waals surface area contributed by atoms with Crippen molar-refractivity contribution in [2.24, 2.45) is 0 Å². The van der Waals surface area contributed by atoms with E-state index in [1.807, 2.05) is 18.5 Å². The lowest BCUT2D eigenvalue weighted by Crippen LogP contribution is -2.17. The molecule has 102 valence electrons. The lowest BCUT2D eigenvalue weighted by Gasteiger charge is -2.21. The normalized spacial score (nSPS) is 11.7. The maximum Gasteiger partial charge on any atom is 0.173 e. The summed E-state index contributed by atoms with van der Waals surface area (Å²) in [6.07, 6.45) is 0. The maximum atomic E-state index is 4.74. The fourth-order valence-corrected chi connectivity index (χ4v) is 4.12. The summed E-state index contributed by atoms with van der Waals surface area (Å²) in [5.74, 6) is 1.56. The number of rotatable bonds is 2. The number of halogens is 2. The number of hydrogen-bond acceptors (Lipinski definition) is 4. The number of hydrogen-bond donors (Lipinski definition) is 1. The number of thiophene rings is 1. The van der Waals surface area contributed by atoms with Gasteiger partial charge in [-0.25, -0.2) is 9.97 Å². The first-order valence-corrected chi connectivity index (χ1v) is 8.30. The topological polar surface area (TPSA) is 37.8 Å². The molecule has 0 spiro atoms. The predicted molar refractivity (Wildman–Crippen MR) is 89.0 cm³/mol. The molecule has 0 saturated carbocycles. The van der Waals surface area contributed by atoms with Gasteiger partial charge in [-0.1, -0.05) is 20.8 Å². The van der Waals surface area contributed by atoms with Gasteiger partial charge < -0.3 is 5.32 Å². The van der Waals surface area contributed by atoms with Crippen molar-refractivity contribution in [1.82, 2.24) is 9.97 Å². The minimum Gasteiger partial charge on any atom is -0.372 e. The number of nitrogens with one attached hydrogen (secondary N) is 1. The predicted octanol–water partition coefficient (Wildman–Crippen LogP) is 5.07. The quantitative estimate of drug-likeness (QED) is 0.759. The van der Waals surface area contributed by atoms with E-state index in [2.05, 4.69) is 62.9 Å². The third-order valence-electron chi connectivity index (χ3n) is 2.62. The Balaban J connectivity index is 2.68. The van der Waals surface area contributed by atoms with Crippen LogP contribution in [0.25, 0.3) is 10.7 Å². The smallest absolute Gasteiger partial charge is 0.173 e. The van der Waals surface area contributed by atoms with E-state index in [1.54, 1.807) is 11.3 Å². The minimum atomic E-state index is -0.0497. The molecular formula is C13H15Br2N3S. The van der Waals surface area contributed by atoms with Crippen LogP contribution in [0.2, 0.25) is 0 Å². The highest BCUT2D eigenvalue weighted by molar-refractivity contribution is 9.11. The van der Waals surface area contributed by atoms with E-state index < -0.39 is 0 Å². The van der Waals surface area contributed by atoms with Gasteiger partial charge in [-0.15, -0.1) is 11.3 Å². The van der Waals surface area contributed by atoms with Crippen molar-refractivity contribution in [3.8, 4) is 10.7 Å². The lowest BCUT2D eigenvalue weighted by molar-refractivity contribution is 0.564. The molecule has 2 aromatic heterocycles. The average Bonchev–Trinajstić information content (AvgIpc) is 2.74. The van der Waals surface area contributed by atoms with E-state index >= 15 is 0 Å². The average molecular weight is 405 g/mol.